The largest absolute Gasteiger partial charge is 0.375 e. The third-order valence-corrected chi connectivity index (χ3v) is 3.13. The van der Waals surface area contributed by atoms with Crippen molar-refractivity contribution in [3.05, 3.63) is 60.8 Å². The predicted molar refractivity (Wildman–Crippen MR) is 80.5 cm³/mol. The molecule has 0 radical (unpaired) electrons. The number of methoxy groups -OCH3 is 1. The van der Waals surface area contributed by atoms with Crippen LogP contribution >= 0.6 is 0 Å². The number of halogens is 1. The fraction of sp³-hybridized carbons (Fsp3) is 0.312. The van der Waals surface area contributed by atoms with Gasteiger partial charge in [-0.1, -0.05) is 13.2 Å². The summed E-state index contributed by atoms with van der Waals surface area (Å²) >= 11 is 0. The average Bonchev–Trinajstić information content (AvgIpc) is 2.47. The average molecular weight is 276 g/mol. The first-order chi connectivity index (χ1) is 9.56. The third-order valence-electron chi connectivity index (χ3n) is 3.13. The van der Waals surface area contributed by atoms with Crippen LogP contribution in [0.4, 0.5) is 4.39 Å². The minimum Gasteiger partial charge on any atom is -0.375 e. The molecule has 1 rings (SSSR count). The Morgan fingerprint density at radius 1 is 1.55 bits per heavy atom. The minimum absolute atomic E-state index is 0.147. The standard InChI is InChI=1S/C16H21FN2O/c1-6-19(12(2)9-10-17)13(3)15-8-7-11-18-16(15)14(4)20-5/h7-11,14H,2-3,6H2,1,4-5H3/b10-9+/t14-/m0/s1. The van der Waals surface area contributed by atoms with Crippen LogP contribution in [-0.4, -0.2) is 23.5 Å². The summed E-state index contributed by atoms with van der Waals surface area (Å²) in [6.07, 6.45) is 3.35. The van der Waals surface area contributed by atoms with Crippen molar-refractivity contribution in [2.75, 3.05) is 13.7 Å². The van der Waals surface area contributed by atoms with E-state index in [-0.39, 0.29) is 6.10 Å². The number of likely N-dealkylation sites (N-methyl/N-ethyl adjacent to an activating group) is 1. The van der Waals surface area contributed by atoms with E-state index >= 15 is 0 Å². The van der Waals surface area contributed by atoms with Gasteiger partial charge in [-0.3, -0.25) is 4.98 Å². The molecule has 0 N–H and O–H groups in total. The first-order valence-electron chi connectivity index (χ1n) is 6.47. The van der Waals surface area contributed by atoms with Crippen molar-refractivity contribution in [1.82, 2.24) is 9.88 Å². The van der Waals surface area contributed by atoms with Crippen molar-refractivity contribution in [2.24, 2.45) is 0 Å². The topological polar surface area (TPSA) is 25.4 Å². The monoisotopic (exact) mass is 276 g/mol. The van der Waals surface area contributed by atoms with Gasteiger partial charge in [0.25, 0.3) is 0 Å². The fourth-order valence-electron chi connectivity index (χ4n) is 1.97. The lowest BCUT2D eigenvalue weighted by atomic mass is 10.1. The highest BCUT2D eigenvalue weighted by atomic mass is 19.1. The van der Waals surface area contributed by atoms with Crippen LogP contribution < -0.4 is 0 Å². The van der Waals surface area contributed by atoms with Crippen molar-refractivity contribution in [3.8, 4) is 0 Å². The molecule has 1 heterocycles. The molecule has 0 aliphatic rings. The number of hydrogen-bond acceptors (Lipinski definition) is 3. The molecule has 0 saturated heterocycles. The van der Waals surface area contributed by atoms with Crippen LogP contribution in [0.15, 0.2) is 49.6 Å². The van der Waals surface area contributed by atoms with Gasteiger partial charge < -0.3 is 9.64 Å². The van der Waals surface area contributed by atoms with Gasteiger partial charge in [-0.05, 0) is 32.1 Å². The number of allylic oxidation sites excluding steroid dienone is 1. The van der Waals surface area contributed by atoms with Gasteiger partial charge >= 0.3 is 0 Å². The number of nitrogens with zero attached hydrogens (tertiary/aromatic N) is 2. The first-order valence-corrected chi connectivity index (χ1v) is 6.47. The van der Waals surface area contributed by atoms with Gasteiger partial charge in [-0.2, -0.15) is 0 Å². The van der Waals surface area contributed by atoms with Crippen molar-refractivity contribution < 1.29 is 9.13 Å². The summed E-state index contributed by atoms with van der Waals surface area (Å²) in [7, 11) is 1.63. The second-order valence-electron chi connectivity index (χ2n) is 4.29. The molecule has 0 bridgehead atoms. The van der Waals surface area contributed by atoms with E-state index in [2.05, 4.69) is 18.1 Å². The van der Waals surface area contributed by atoms with E-state index in [1.165, 1.54) is 6.08 Å². The Balaban J connectivity index is 3.16. The predicted octanol–water partition coefficient (Wildman–Crippen LogP) is 4.08. The maximum atomic E-state index is 12.3. The summed E-state index contributed by atoms with van der Waals surface area (Å²) in [6.45, 7) is 12.4. The van der Waals surface area contributed by atoms with Crippen LogP contribution in [0.1, 0.15) is 31.2 Å². The normalized spacial score (nSPS) is 12.4. The Bertz CT molecular complexity index is 511. The van der Waals surface area contributed by atoms with Crippen LogP contribution in [0, 0.1) is 0 Å². The van der Waals surface area contributed by atoms with E-state index in [1.807, 2.05) is 30.9 Å². The molecule has 0 unspecified atom stereocenters. The lowest BCUT2D eigenvalue weighted by molar-refractivity contribution is 0.115. The Kier molecular flexibility index (Phi) is 6.12. The first kappa shape index (κ1) is 16.1. The van der Waals surface area contributed by atoms with Crippen LogP contribution in [0.3, 0.4) is 0 Å². The summed E-state index contributed by atoms with van der Waals surface area (Å²) in [5.74, 6) is 0. The van der Waals surface area contributed by atoms with Gasteiger partial charge in [0.2, 0.25) is 0 Å². The zero-order valence-corrected chi connectivity index (χ0v) is 12.3. The highest BCUT2D eigenvalue weighted by molar-refractivity contribution is 5.66. The summed E-state index contributed by atoms with van der Waals surface area (Å²) in [4.78, 5) is 6.19. The quantitative estimate of drug-likeness (QED) is 0.702. The maximum absolute atomic E-state index is 12.3. The highest BCUT2D eigenvalue weighted by Gasteiger charge is 2.17. The number of pyridine rings is 1. The van der Waals surface area contributed by atoms with Crippen molar-refractivity contribution in [3.63, 3.8) is 0 Å². The van der Waals surface area contributed by atoms with Gasteiger partial charge in [-0.25, -0.2) is 4.39 Å². The Hall–Kier alpha value is -1.94. The molecule has 1 atom stereocenters. The second-order valence-corrected chi connectivity index (χ2v) is 4.29. The SMILES string of the molecule is C=C(/C=C/F)N(CC)C(=C)c1cccnc1[C@H](C)OC. The maximum Gasteiger partial charge on any atom is 0.0969 e. The molecule has 0 aromatic carbocycles. The van der Waals surface area contributed by atoms with E-state index < -0.39 is 0 Å². The van der Waals surface area contributed by atoms with E-state index in [0.717, 1.165) is 17.0 Å². The molecular formula is C16H21FN2O. The molecule has 4 heteroatoms. The Morgan fingerprint density at radius 3 is 2.80 bits per heavy atom. The molecule has 1 aromatic heterocycles. The van der Waals surface area contributed by atoms with E-state index in [0.29, 0.717) is 18.6 Å². The van der Waals surface area contributed by atoms with Crippen LogP contribution in [0.5, 0.6) is 0 Å². The summed E-state index contributed by atoms with van der Waals surface area (Å²) in [5.41, 5.74) is 2.94. The molecule has 0 fully saturated rings. The zero-order chi connectivity index (χ0) is 15.1. The van der Waals surface area contributed by atoms with Gasteiger partial charge in [-0.15, -0.1) is 0 Å². The van der Waals surface area contributed by atoms with E-state index in [9.17, 15) is 4.39 Å². The van der Waals surface area contributed by atoms with Gasteiger partial charge in [0.05, 0.1) is 18.1 Å². The lowest BCUT2D eigenvalue weighted by Crippen LogP contribution is -2.20. The molecule has 1 aromatic rings. The molecule has 0 aliphatic heterocycles. The lowest BCUT2D eigenvalue weighted by Gasteiger charge is -2.27. The summed E-state index contributed by atoms with van der Waals surface area (Å²) < 4.78 is 17.7. The van der Waals surface area contributed by atoms with Crippen LogP contribution in [-0.2, 0) is 4.74 Å². The van der Waals surface area contributed by atoms with Gasteiger partial charge in [0.1, 0.15) is 0 Å². The minimum atomic E-state index is -0.147. The number of rotatable bonds is 7. The van der Waals surface area contributed by atoms with Crippen LogP contribution in [0.25, 0.3) is 5.70 Å². The number of hydrogen-bond donors (Lipinski definition) is 0. The fourth-order valence-corrected chi connectivity index (χ4v) is 1.97. The van der Waals surface area contributed by atoms with Crippen molar-refractivity contribution in [1.29, 1.82) is 0 Å². The van der Waals surface area contributed by atoms with Gasteiger partial charge in [0.15, 0.2) is 0 Å². The second kappa shape index (κ2) is 7.60. The van der Waals surface area contributed by atoms with E-state index in [1.54, 1.807) is 13.3 Å². The number of aromatic nitrogens is 1. The number of ether oxygens (including phenoxy) is 1. The smallest absolute Gasteiger partial charge is 0.0969 e. The molecule has 0 aliphatic carbocycles. The highest BCUT2D eigenvalue weighted by Crippen LogP contribution is 2.27. The molecule has 3 nitrogen and oxygen atoms in total. The zero-order valence-electron chi connectivity index (χ0n) is 12.3. The molecular weight excluding hydrogens is 255 g/mol. The van der Waals surface area contributed by atoms with Crippen molar-refractivity contribution in [2.45, 2.75) is 20.0 Å². The van der Waals surface area contributed by atoms with E-state index in [4.69, 9.17) is 4.74 Å². The van der Waals surface area contributed by atoms with Gasteiger partial charge in [0, 0.05) is 36.8 Å². The van der Waals surface area contributed by atoms with Crippen LogP contribution in [0.2, 0.25) is 0 Å². The molecule has 0 spiro atoms. The summed E-state index contributed by atoms with van der Waals surface area (Å²) in [6, 6.07) is 3.77. The molecule has 0 saturated carbocycles. The van der Waals surface area contributed by atoms with Crippen molar-refractivity contribution >= 4 is 5.70 Å². The Morgan fingerprint density at radius 2 is 2.25 bits per heavy atom. The molecule has 108 valence electrons. The summed E-state index contributed by atoms with van der Waals surface area (Å²) in [5, 5.41) is 0. The Labute approximate surface area is 120 Å². The molecule has 20 heavy (non-hydrogen) atoms. The molecule has 0 amide bonds. The third kappa shape index (κ3) is 3.54.